The molecule has 1 fully saturated rings. The Kier molecular flexibility index (Phi) is 12.1. The SMILES string of the molecule is Cc1ccccc1CC1CC(NC(=O)Nc2cc(C(N)=O)c(F)cc2F)CCN1Cc1ccc(Oc2ccc(NS(C)(=O)=O)cc2)nc1.Cl. The fourth-order valence-corrected chi connectivity index (χ4v) is 6.21. The Hall–Kier alpha value is -4.79. The van der Waals surface area contributed by atoms with E-state index in [1.165, 1.54) is 5.56 Å². The van der Waals surface area contributed by atoms with E-state index >= 15 is 0 Å². The molecule has 2 atom stereocenters. The number of nitrogens with two attached hydrogens (primary N) is 1. The molecule has 49 heavy (non-hydrogen) atoms. The molecular formula is C34H37ClF2N6O5S. The number of sulfonamides is 1. The van der Waals surface area contributed by atoms with Crippen LogP contribution in [0.5, 0.6) is 11.6 Å². The third kappa shape index (κ3) is 10.3. The second kappa shape index (κ2) is 16.1. The maximum absolute atomic E-state index is 14.4. The number of nitrogens with zero attached hydrogens (tertiary/aromatic N) is 2. The predicted octanol–water partition coefficient (Wildman–Crippen LogP) is 5.75. The van der Waals surface area contributed by atoms with E-state index in [9.17, 15) is 26.8 Å². The molecule has 0 radical (unpaired) electrons. The Morgan fingerprint density at radius 1 is 1.04 bits per heavy atom. The lowest BCUT2D eigenvalue weighted by Gasteiger charge is -2.40. The van der Waals surface area contributed by atoms with Gasteiger partial charge in [-0.05, 0) is 73.2 Å². The second-order valence-corrected chi connectivity index (χ2v) is 13.5. The van der Waals surface area contributed by atoms with E-state index < -0.39 is 39.2 Å². The van der Waals surface area contributed by atoms with E-state index in [1.54, 1.807) is 36.5 Å². The first-order chi connectivity index (χ1) is 22.8. The summed E-state index contributed by atoms with van der Waals surface area (Å²) in [7, 11) is -3.38. The monoisotopic (exact) mass is 714 g/mol. The standard InChI is InChI=1S/C34H36F2N6O5S.ClH/c1-21-5-3-4-6-23(21)15-26-16-25(39-34(44)40-31-17-28(33(37)43)29(35)18-30(31)36)13-14-42(26)20-22-7-12-32(38-19-22)47-27-10-8-24(9-11-27)41-48(2,45)46;/h3-12,17-19,25-26,41H,13-16,20H2,1-2H3,(H2,37,43)(H2,39,40,44);1H. The van der Waals surface area contributed by atoms with Crippen LogP contribution in [0.3, 0.4) is 0 Å². The van der Waals surface area contributed by atoms with Gasteiger partial charge in [0.25, 0.3) is 5.91 Å². The van der Waals surface area contributed by atoms with Crippen molar-refractivity contribution in [3.63, 3.8) is 0 Å². The highest BCUT2D eigenvalue weighted by Crippen LogP contribution is 2.27. The van der Waals surface area contributed by atoms with Crippen molar-refractivity contribution in [1.29, 1.82) is 0 Å². The molecule has 3 amide bonds. The number of primary amides is 1. The number of anilines is 2. The molecule has 260 valence electrons. The number of ether oxygens (including phenoxy) is 1. The molecule has 5 rings (SSSR count). The number of urea groups is 1. The van der Waals surface area contributed by atoms with Gasteiger partial charge in [0.2, 0.25) is 15.9 Å². The normalized spacial score (nSPS) is 16.2. The van der Waals surface area contributed by atoms with Crippen LogP contribution in [-0.4, -0.2) is 55.1 Å². The molecule has 0 aliphatic carbocycles. The zero-order chi connectivity index (χ0) is 34.4. The van der Waals surface area contributed by atoms with Crippen LogP contribution in [0.25, 0.3) is 0 Å². The van der Waals surface area contributed by atoms with Gasteiger partial charge in [-0.3, -0.25) is 14.4 Å². The van der Waals surface area contributed by atoms with Gasteiger partial charge in [-0.25, -0.2) is 27.0 Å². The zero-order valence-corrected chi connectivity index (χ0v) is 28.4. The molecule has 1 aliphatic heterocycles. The van der Waals surface area contributed by atoms with Crippen LogP contribution in [0.4, 0.5) is 25.0 Å². The quantitative estimate of drug-likeness (QED) is 0.154. The van der Waals surface area contributed by atoms with Crippen molar-refractivity contribution in [2.45, 2.75) is 44.8 Å². The first-order valence-electron chi connectivity index (χ1n) is 15.2. The molecule has 3 aromatic carbocycles. The first-order valence-corrected chi connectivity index (χ1v) is 17.1. The van der Waals surface area contributed by atoms with E-state index in [2.05, 4.69) is 44.3 Å². The predicted molar refractivity (Wildman–Crippen MR) is 186 cm³/mol. The number of pyridine rings is 1. The molecule has 0 bridgehead atoms. The van der Waals surface area contributed by atoms with Crippen molar-refractivity contribution in [1.82, 2.24) is 15.2 Å². The fraction of sp³-hybridized carbons (Fsp3) is 0.265. The maximum atomic E-state index is 14.4. The van der Waals surface area contributed by atoms with Crippen LogP contribution in [-0.2, 0) is 23.0 Å². The Labute approximate surface area is 289 Å². The summed E-state index contributed by atoms with van der Waals surface area (Å²) in [6, 6.07) is 18.8. The smallest absolute Gasteiger partial charge is 0.319 e. The molecular weight excluding hydrogens is 678 g/mol. The molecule has 2 unspecified atom stereocenters. The summed E-state index contributed by atoms with van der Waals surface area (Å²) in [5.74, 6) is -2.32. The van der Waals surface area contributed by atoms with Crippen LogP contribution in [0.2, 0.25) is 0 Å². The van der Waals surface area contributed by atoms with Gasteiger partial charge in [0.1, 0.15) is 17.4 Å². The molecule has 4 aromatic rings. The van der Waals surface area contributed by atoms with Crippen molar-refractivity contribution in [3.05, 3.63) is 113 Å². The third-order valence-electron chi connectivity index (χ3n) is 8.02. The van der Waals surface area contributed by atoms with Gasteiger partial charge in [-0.15, -0.1) is 12.4 Å². The third-order valence-corrected chi connectivity index (χ3v) is 8.63. The number of benzene rings is 3. The summed E-state index contributed by atoms with van der Waals surface area (Å²) in [5, 5.41) is 5.28. The summed E-state index contributed by atoms with van der Waals surface area (Å²) in [6.07, 6.45) is 4.79. The van der Waals surface area contributed by atoms with E-state index in [-0.39, 0.29) is 30.2 Å². The molecule has 5 N–H and O–H groups in total. The molecule has 2 heterocycles. The van der Waals surface area contributed by atoms with Gasteiger partial charge >= 0.3 is 6.03 Å². The number of hydrogen-bond donors (Lipinski definition) is 4. The topological polar surface area (TPSA) is 156 Å². The molecule has 1 aromatic heterocycles. The summed E-state index contributed by atoms with van der Waals surface area (Å²) >= 11 is 0. The fourth-order valence-electron chi connectivity index (χ4n) is 5.65. The second-order valence-electron chi connectivity index (χ2n) is 11.8. The first kappa shape index (κ1) is 37.0. The lowest BCUT2D eigenvalue weighted by Crippen LogP contribution is -2.51. The minimum Gasteiger partial charge on any atom is -0.439 e. The Morgan fingerprint density at radius 2 is 1.78 bits per heavy atom. The number of amides is 3. The lowest BCUT2D eigenvalue weighted by molar-refractivity contribution is 0.0996. The van der Waals surface area contributed by atoms with Gasteiger partial charge in [0, 0.05) is 49.2 Å². The molecule has 0 saturated carbocycles. The molecule has 1 aliphatic rings. The number of aryl methyl sites for hydroxylation is 1. The number of carbonyl (C=O) groups excluding carboxylic acids is 2. The summed E-state index contributed by atoms with van der Waals surface area (Å²) in [4.78, 5) is 31.2. The molecule has 1 saturated heterocycles. The Bertz CT molecular complexity index is 1900. The maximum Gasteiger partial charge on any atom is 0.319 e. The van der Waals surface area contributed by atoms with Crippen molar-refractivity contribution in [2.24, 2.45) is 5.73 Å². The van der Waals surface area contributed by atoms with Gasteiger partial charge < -0.3 is 21.1 Å². The number of likely N-dealkylation sites (tertiary alicyclic amines) is 1. The van der Waals surface area contributed by atoms with Crippen LogP contribution in [0, 0.1) is 18.6 Å². The summed E-state index contributed by atoms with van der Waals surface area (Å²) < 4.78 is 59.4. The number of aromatic nitrogens is 1. The van der Waals surface area contributed by atoms with E-state index in [1.807, 2.05) is 18.2 Å². The van der Waals surface area contributed by atoms with Gasteiger partial charge in [-0.1, -0.05) is 30.3 Å². The van der Waals surface area contributed by atoms with Crippen LogP contribution >= 0.6 is 12.4 Å². The lowest BCUT2D eigenvalue weighted by atomic mass is 9.90. The van der Waals surface area contributed by atoms with Gasteiger partial charge in [0.15, 0.2) is 0 Å². The Morgan fingerprint density at radius 3 is 2.43 bits per heavy atom. The van der Waals surface area contributed by atoms with Gasteiger partial charge in [-0.2, -0.15) is 0 Å². The van der Waals surface area contributed by atoms with Crippen LogP contribution in [0.15, 0.2) is 79.0 Å². The van der Waals surface area contributed by atoms with Crippen LogP contribution in [0.1, 0.15) is 39.9 Å². The average molecular weight is 715 g/mol. The molecule has 15 heteroatoms. The number of rotatable bonds is 11. The largest absolute Gasteiger partial charge is 0.439 e. The average Bonchev–Trinajstić information content (AvgIpc) is 3.02. The van der Waals surface area contributed by atoms with E-state index in [4.69, 9.17) is 10.5 Å². The summed E-state index contributed by atoms with van der Waals surface area (Å²) in [6.45, 7) is 3.32. The number of hydrogen-bond acceptors (Lipinski definition) is 7. The molecule has 0 spiro atoms. The molecule has 11 nitrogen and oxygen atoms in total. The highest BCUT2D eigenvalue weighted by Gasteiger charge is 2.30. The van der Waals surface area contributed by atoms with Crippen molar-refractivity contribution < 1.29 is 31.5 Å². The number of nitrogens with one attached hydrogen (secondary N) is 3. The highest BCUT2D eigenvalue weighted by molar-refractivity contribution is 7.92. The van der Waals surface area contributed by atoms with E-state index in [0.717, 1.165) is 29.9 Å². The van der Waals surface area contributed by atoms with Gasteiger partial charge in [0.05, 0.1) is 17.5 Å². The summed E-state index contributed by atoms with van der Waals surface area (Å²) in [5.41, 5.74) is 8.03. The number of carbonyl (C=O) groups is 2. The Balaban J connectivity index is 0.00000541. The number of piperidine rings is 1. The minimum atomic E-state index is -3.38. The zero-order valence-electron chi connectivity index (χ0n) is 26.8. The van der Waals surface area contributed by atoms with Crippen LogP contribution < -0.4 is 25.8 Å². The number of halogens is 3. The van der Waals surface area contributed by atoms with Crippen molar-refractivity contribution >= 4 is 45.7 Å². The van der Waals surface area contributed by atoms with E-state index in [0.29, 0.717) is 49.3 Å². The van der Waals surface area contributed by atoms with Crippen molar-refractivity contribution in [2.75, 3.05) is 22.8 Å². The van der Waals surface area contributed by atoms with Crippen molar-refractivity contribution in [3.8, 4) is 11.6 Å². The highest BCUT2D eigenvalue weighted by atomic mass is 35.5. The minimum absolute atomic E-state index is 0.